The number of terminal acetylenes is 1. The monoisotopic (exact) mass is 333 g/mol. The van der Waals surface area contributed by atoms with Gasteiger partial charge in [-0.25, -0.2) is 0 Å². The molecule has 5 heteroatoms. The summed E-state index contributed by atoms with van der Waals surface area (Å²) in [6, 6.07) is 14.5. The Bertz CT molecular complexity index is 854. The van der Waals surface area contributed by atoms with Crippen molar-refractivity contribution in [3.63, 3.8) is 0 Å². The molecule has 2 aromatic rings. The van der Waals surface area contributed by atoms with Gasteiger partial charge in [-0.3, -0.25) is 9.59 Å². The Morgan fingerprint density at radius 2 is 2.12 bits per heavy atom. The number of rotatable bonds is 3. The highest BCUT2D eigenvalue weighted by Crippen LogP contribution is 2.31. The summed E-state index contributed by atoms with van der Waals surface area (Å²) in [5, 5.41) is 5.96. The fourth-order valence-corrected chi connectivity index (χ4v) is 2.95. The molecule has 0 fully saturated rings. The van der Waals surface area contributed by atoms with Crippen LogP contribution in [0.3, 0.4) is 0 Å². The van der Waals surface area contributed by atoms with Gasteiger partial charge in [-0.1, -0.05) is 24.1 Å². The molecule has 0 aliphatic carbocycles. The zero-order chi connectivity index (χ0) is 17.8. The fourth-order valence-electron chi connectivity index (χ4n) is 2.95. The molecule has 1 aliphatic heterocycles. The third kappa shape index (κ3) is 3.64. The normalized spacial score (nSPS) is 16.2. The van der Waals surface area contributed by atoms with Crippen LogP contribution in [0.4, 0.5) is 17.1 Å². The number of nitrogens with zero attached hydrogens (tertiary/aromatic N) is 1. The van der Waals surface area contributed by atoms with Crippen LogP contribution in [0.15, 0.2) is 48.5 Å². The van der Waals surface area contributed by atoms with Crippen LogP contribution in [0, 0.1) is 12.3 Å². The summed E-state index contributed by atoms with van der Waals surface area (Å²) in [5.74, 6) is 2.37. The smallest absolute Gasteiger partial charge is 0.246 e. The molecule has 126 valence electrons. The Labute approximate surface area is 147 Å². The van der Waals surface area contributed by atoms with Crippen LogP contribution in [0.1, 0.15) is 18.9 Å². The molecule has 3 rings (SSSR count). The van der Waals surface area contributed by atoms with E-state index in [0.717, 1.165) is 11.3 Å². The van der Waals surface area contributed by atoms with E-state index in [0.29, 0.717) is 11.4 Å². The van der Waals surface area contributed by atoms with Crippen LogP contribution in [0.2, 0.25) is 0 Å². The number of para-hydroxylation sites is 2. The van der Waals surface area contributed by atoms with Crippen molar-refractivity contribution >= 4 is 28.9 Å². The van der Waals surface area contributed by atoms with E-state index in [9.17, 15) is 9.59 Å². The molecule has 0 saturated carbocycles. The molecule has 0 spiro atoms. The lowest BCUT2D eigenvalue weighted by Crippen LogP contribution is -2.42. The summed E-state index contributed by atoms with van der Waals surface area (Å²) in [4.78, 5) is 26.5. The van der Waals surface area contributed by atoms with Crippen LogP contribution in [-0.4, -0.2) is 24.4 Å². The van der Waals surface area contributed by atoms with E-state index in [1.165, 1.54) is 0 Å². The Balaban J connectivity index is 1.80. The Morgan fingerprint density at radius 3 is 2.92 bits per heavy atom. The van der Waals surface area contributed by atoms with E-state index in [1.807, 2.05) is 49.4 Å². The maximum atomic E-state index is 12.8. The predicted octanol–water partition coefficient (Wildman–Crippen LogP) is 2.84. The molecular weight excluding hydrogens is 314 g/mol. The summed E-state index contributed by atoms with van der Waals surface area (Å²) in [6.07, 6.45) is 5.66. The maximum absolute atomic E-state index is 12.8. The highest BCUT2D eigenvalue weighted by atomic mass is 16.2. The minimum absolute atomic E-state index is 0.0927. The molecule has 5 nitrogen and oxygen atoms in total. The van der Waals surface area contributed by atoms with E-state index in [-0.39, 0.29) is 30.8 Å². The van der Waals surface area contributed by atoms with Crippen LogP contribution in [0.5, 0.6) is 0 Å². The molecular formula is C20H19N3O2. The molecule has 2 N–H and O–H groups in total. The first-order valence-corrected chi connectivity index (χ1v) is 8.10. The Kier molecular flexibility index (Phi) is 4.71. The minimum Gasteiger partial charge on any atom is -0.376 e. The molecule has 2 amide bonds. The standard InChI is InChI=1S/C20H19N3O2/c1-3-15-7-6-8-16(12-15)21-13-20(25)23-14(2)11-19(24)22-17-9-4-5-10-18(17)23/h1,4-10,12,14,21H,11,13H2,2H3,(H,22,24). The van der Waals surface area contributed by atoms with Crippen molar-refractivity contribution in [3.8, 4) is 12.3 Å². The molecule has 1 aliphatic rings. The van der Waals surface area contributed by atoms with Crippen LogP contribution in [-0.2, 0) is 9.59 Å². The van der Waals surface area contributed by atoms with Gasteiger partial charge in [0, 0.05) is 23.7 Å². The number of carbonyl (C=O) groups excluding carboxylic acids is 2. The van der Waals surface area contributed by atoms with E-state index >= 15 is 0 Å². The second kappa shape index (κ2) is 7.10. The molecule has 1 atom stereocenters. The predicted molar refractivity (Wildman–Crippen MR) is 99.5 cm³/mol. The Morgan fingerprint density at radius 1 is 1.32 bits per heavy atom. The van der Waals surface area contributed by atoms with Crippen molar-refractivity contribution in [2.75, 3.05) is 22.1 Å². The zero-order valence-electron chi connectivity index (χ0n) is 14.0. The van der Waals surface area contributed by atoms with Gasteiger partial charge in [-0.05, 0) is 37.3 Å². The van der Waals surface area contributed by atoms with E-state index in [4.69, 9.17) is 6.42 Å². The molecule has 0 aromatic heterocycles. The number of amides is 2. The fraction of sp³-hybridized carbons (Fsp3) is 0.200. The second-order valence-electron chi connectivity index (χ2n) is 5.96. The topological polar surface area (TPSA) is 61.4 Å². The SMILES string of the molecule is C#Cc1cccc(NCC(=O)N2c3ccccc3NC(=O)CC2C)c1. The van der Waals surface area contributed by atoms with Crippen molar-refractivity contribution in [2.45, 2.75) is 19.4 Å². The third-order valence-corrected chi connectivity index (χ3v) is 4.10. The lowest BCUT2D eigenvalue weighted by molar-refractivity contribution is -0.118. The summed E-state index contributed by atoms with van der Waals surface area (Å²) < 4.78 is 0. The number of anilines is 3. The van der Waals surface area contributed by atoms with Gasteiger partial charge in [0.2, 0.25) is 11.8 Å². The summed E-state index contributed by atoms with van der Waals surface area (Å²) in [6.45, 7) is 1.99. The van der Waals surface area contributed by atoms with E-state index in [1.54, 1.807) is 11.0 Å². The molecule has 0 radical (unpaired) electrons. The van der Waals surface area contributed by atoms with Gasteiger partial charge >= 0.3 is 0 Å². The molecule has 0 saturated heterocycles. The first-order valence-electron chi connectivity index (χ1n) is 8.10. The van der Waals surface area contributed by atoms with Gasteiger partial charge in [-0.2, -0.15) is 0 Å². The highest BCUT2D eigenvalue weighted by Gasteiger charge is 2.29. The average molecular weight is 333 g/mol. The molecule has 1 heterocycles. The number of hydrogen-bond donors (Lipinski definition) is 2. The van der Waals surface area contributed by atoms with Gasteiger partial charge in [0.15, 0.2) is 0 Å². The number of hydrogen-bond acceptors (Lipinski definition) is 3. The number of benzene rings is 2. The van der Waals surface area contributed by atoms with Crippen molar-refractivity contribution < 1.29 is 9.59 Å². The first kappa shape index (κ1) is 16.6. The van der Waals surface area contributed by atoms with Crippen LogP contribution >= 0.6 is 0 Å². The average Bonchev–Trinajstić information content (AvgIpc) is 2.74. The van der Waals surface area contributed by atoms with Gasteiger partial charge in [0.05, 0.1) is 17.9 Å². The Hall–Kier alpha value is -3.26. The number of nitrogens with one attached hydrogen (secondary N) is 2. The largest absolute Gasteiger partial charge is 0.376 e. The van der Waals surface area contributed by atoms with Crippen molar-refractivity contribution in [1.82, 2.24) is 0 Å². The quantitative estimate of drug-likeness (QED) is 0.849. The first-order chi connectivity index (χ1) is 12.1. The van der Waals surface area contributed by atoms with E-state index in [2.05, 4.69) is 16.6 Å². The van der Waals surface area contributed by atoms with Crippen molar-refractivity contribution in [3.05, 3.63) is 54.1 Å². The second-order valence-corrected chi connectivity index (χ2v) is 5.96. The van der Waals surface area contributed by atoms with Gasteiger partial charge in [0.1, 0.15) is 0 Å². The van der Waals surface area contributed by atoms with Crippen molar-refractivity contribution in [1.29, 1.82) is 0 Å². The molecule has 0 bridgehead atoms. The van der Waals surface area contributed by atoms with Gasteiger partial charge in [0.25, 0.3) is 0 Å². The lowest BCUT2D eigenvalue weighted by Gasteiger charge is -2.28. The summed E-state index contributed by atoms with van der Waals surface area (Å²) >= 11 is 0. The number of carbonyl (C=O) groups is 2. The van der Waals surface area contributed by atoms with E-state index < -0.39 is 0 Å². The number of fused-ring (bicyclic) bond motifs is 1. The molecule has 2 aromatic carbocycles. The summed E-state index contributed by atoms with van der Waals surface area (Å²) in [5.41, 5.74) is 2.90. The molecule has 1 unspecified atom stereocenters. The lowest BCUT2D eigenvalue weighted by atomic mass is 10.1. The minimum atomic E-state index is -0.227. The maximum Gasteiger partial charge on any atom is 0.246 e. The zero-order valence-corrected chi connectivity index (χ0v) is 14.0. The summed E-state index contributed by atoms with van der Waals surface area (Å²) in [7, 11) is 0. The highest BCUT2D eigenvalue weighted by molar-refractivity contribution is 6.05. The van der Waals surface area contributed by atoms with Crippen molar-refractivity contribution in [2.24, 2.45) is 0 Å². The van der Waals surface area contributed by atoms with Crippen LogP contribution in [0.25, 0.3) is 0 Å². The van der Waals surface area contributed by atoms with Gasteiger partial charge in [-0.15, -0.1) is 6.42 Å². The molecule has 25 heavy (non-hydrogen) atoms. The van der Waals surface area contributed by atoms with Gasteiger partial charge < -0.3 is 15.5 Å². The third-order valence-electron chi connectivity index (χ3n) is 4.10. The van der Waals surface area contributed by atoms with Crippen LogP contribution < -0.4 is 15.5 Å².